The van der Waals surface area contributed by atoms with Crippen LogP contribution in [0.5, 0.6) is 0 Å². The van der Waals surface area contributed by atoms with Crippen LogP contribution in [0.2, 0.25) is 0 Å². The Morgan fingerprint density at radius 1 is 0.654 bits per heavy atom. The molecule has 0 saturated heterocycles. The van der Waals surface area contributed by atoms with Crippen LogP contribution in [0, 0.1) is 6.92 Å². The number of hydrogen-bond acceptors (Lipinski definition) is 3. The van der Waals surface area contributed by atoms with E-state index in [0.717, 1.165) is 29.2 Å². The van der Waals surface area contributed by atoms with Crippen LogP contribution in [0.25, 0.3) is 0 Å². The van der Waals surface area contributed by atoms with Gasteiger partial charge >= 0.3 is 0 Å². The summed E-state index contributed by atoms with van der Waals surface area (Å²) in [6, 6.07) is 21.1. The molecular weight excluding hydrogens is 318 g/mol. The maximum Gasteiger partial charge on any atom is 0.110 e. The summed E-state index contributed by atoms with van der Waals surface area (Å²) in [5.41, 5.74) is 9.72. The number of nitrogens with zero attached hydrogens (tertiary/aromatic N) is 3. The summed E-state index contributed by atoms with van der Waals surface area (Å²) in [5, 5.41) is 9.03. The summed E-state index contributed by atoms with van der Waals surface area (Å²) in [5.74, 6) is 0. The Hall–Kier alpha value is -2.94. The zero-order chi connectivity index (χ0) is 17.5. The van der Waals surface area contributed by atoms with Gasteiger partial charge in [-0.05, 0) is 79.6 Å². The van der Waals surface area contributed by atoms with E-state index in [-0.39, 0.29) is 0 Å². The van der Waals surface area contributed by atoms with Crippen LogP contribution in [0.15, 0.2) is 70.9 Å². The number of anilines is 3. The van der Waals surface area contributed by atoms with Gasteiger partial charge in [0.05, 0.1) is 11.4 Å². The maximum atomic E-state index is 4.52. The molecule has 0 fully saturated rings. The first-order valence-corrected chi connectivity index (χ1v) is 9.34. The molecule has 2 aliphatic rings. The van der Waals surface area contributed by atoms with E-state index >= 15 is 0 Å². The van der Waals surface area contributed by atoms with E-state index in [2.05, 4.69) is 58.5 Å². The van der Waals surface area contributed by atoms with E-state index in [1.165, 1.54) is 41.6 Å². The average Bonchev–Trinajstić information content (AvgIpc) is 2.86. The van der Waals surface area contributed by atoms with Gasteiger partial charge in [0.1, 0.15) is 11.4 Å². The number of benzene rings is 3. The van der Waals surface area contributed by atoms with E-state index in [1.807, 2.05) is 24.3 Å². The number of aryl methyl sites for hydroxylation is 1. The topological polar surface area (TPSA) is 28.0 Å². The van der Waals surface area contributed by atoms with Gasteiger partial charge in [-0.25, -0.2) is 0 Å². The smallest absolute Gasteiger partial charge is 0.110 e. The van der Waals surface area contributed by atoms with Gasteiger partial charge in [-0.3, -0.25) is 0 Å². The monoisotopic (exact) mass is 339 g/mol. The Kier molecular flexibility index (Phi) is 3.59. The van der Waals surface area contributed by atoms with Gasteiger partial charge in [-0.2, -0.15) is 0 Å². The molecule has 0 spiro atoms. The molecule has 3 aromatic rings. The Bertz CT molecular complexity index is 970. The van der Waals surface area contributed by atoms with Crippen molar-refractivity contribution < 1.29 is 0 Å². The fourth-order valence-corrected chi connectivity index (χ4v) is 4.21. The Labute approximate surface area is 154 Å². The summed E-state index contributed by atoms with van der Waals surface area (Å²) in [4.78, 5) is 2.36. The molecule has 1 aliphatic carbocycles. The lowest BCUT2D eigenvalue weighted by atomic mass is 9.87. The molecule has 0 saturated carbocycles. The number of para-hydroxylation sites is 2. The zero-order valence-electron chi connectivity index (χ0n) is 14.9. The molecule has 5 rings (SSSR count). The fraction of sp³-hybridized carbons (Fsp3) is 0.217. The number of azo groups is 1. The Morgan fingerprint density at radius 3 is 1.88 bits per heavy atom. The maximum absolute atomic E-state index is 4.52. The second kappa shape index (κ2) is 6.10. The van der Waals surface area contributed by atoms with Crippen LogP contribution < -0.4 is 4.90 Å². The van der Waals surface area contributed by atoms with Crippen LogP contribution >= 0.6 is 0 Å². The fourth-order valence-electron chi connectivity index (χ4n) is 4.21. The molecule has 0 amide bonds. The van der Waals surface area contributed by atoms with Crippen molar-refractivity contribution in [2.75, 3.05) is 4.90 Å². The largest absolute Gasteiger partial charge is 0.306 e. The van der Waals surface area contributed by atoms with Crippen LogP contribution in [-0.4, -0.2) is 0 Å². The molecule has 1 aliphatic heterocycles. The summed E-state index contributed by atoms with van der Waals surface area (Å²) in [6.45, 7) is 2.24. The molecule has 0 bridgehead atoms. The second-order valence-corrected chi connectivity index (χ2v) is 7.08. The van der Waals surface area contributed by atoms with Gasteiger partial charge in [0.15, 0.2) is 0 Å². The lowest BCUT2D eigenvalue weighted by molar-refractivity contribution is 0.682. The Balaban J connectivity index is 1.81. The van der Waals surface area contributed by atoms with Crippen molar-refractivity contribution in [3.05, 3.63) is 77.4 Å². The number of fused-ring (bicyclic) bond motifs is 3. The normalized spacial score (nSPS) is 15.0. The van der Waals surface area contributed by atoms with Gasteiger partial charge in [0.2, 0.25) is 0 Å². The van der Waals surface area contributed by atoms with Gasteiger partial charge in [-0.15, -0.1) is 10.2 Å². The molecule has 1 heterocycles. The predicted octanol–water partition coefficient (Wildman–Crippen LogP) is 7.07. The minimum atomic E-state index is 0.911. The summed E-state index contributed by atoms with van der Waals surface area (Å²) in [6.07, 6.45) is 4.87. The highest BCUT2D eigenvalue weighted by Gasteiger charge is 2.25. The third-order valence-corrected chi connectivity index (χ3v) is 5.50. The van der Waals surface area contributed by atoms with Crippen molar-refractivity contribution in [2.24, 2.45) is 10.2 Å². The van der Waals surface area contributed by atoms with Gasteiger partial charge < -0.3 is 4.90 Å². The molecule has 0 aromatic heterocycles. The molecule has 26 heavy (non-hydrogen) atoms. The van der Waals surface area contributed by atoms with E-state index in [1.54, 1.807) is 0 Å². The highest BCUT2D eigenvalue weighted by atomic mass is 15.2. The summed E-state index contributed by atoms with van der Waals surface area (Å²) < 4.78 is 0. The minimum Gasteiger partial charge on any atom is -0.306 e. The molecular formula is C23H21N3. The summed E-state index contributed by atoms with van der Waals surface area (Å²) >= 11 is 0. The lowest BCUT2D eigenvalue weighted by Gasteiger charge is -2.31. The van der Waals surface area contributed by atoms with Gasteiger partial charge in [0, 0.05) is 5.69 Å². The van der Waals surface area contributed by atoms with Crippen molar-refractivity contribution in [1.29, 1.82) is 0 Å². The van der Waals surface area contributed by atoms with Crippen LogP contribution in [0.4, 0.5) is 28.4 Å². The SMILES string of the molecule is Cc1ccc(N2c3ccccc3N=Nc3ccccc32)c2c1CCCC2. The van der Waals surface area contributed by atoms with Crippen molar-refractivity contribution in [3.63, 3.8) is 0 Å². The standard InChI is InChI=1S/C23H21N3/c1-16-14-15-21(18-9-3-2-8-17(16)18)26-22-12-6-4-10-19(22)24-25-20-11-5-7-13-23(20)26/h4-7,10-15H,2-3,8-9H2,1H3. The predicted molar refractivity (Wildman–Crippen MR) is 107 cm³/mol. The van der Waals surface area contributed by atoms with E-state index in [0.29, 0.717) is 0 Å². The quantitative estimate of drug-likeness (QED) is 0.364. The van der Waals surface area contributed by atoms with Crippen molar-refractivity contribution >= 4 is 28.4 Å². The lowest BCUT2D eigenvalue weighted by Crippen LogP contribution is -2.16. The molecule has 3 nitrogen and oxygen atoms in total. The molecule has 128 valence electrons. The van der Waals surface area contributed by atoms with E-state index < -0.39 is 0 Å². The zero-order valence-corrected chi connectivity index (χ0v) is 14.9. The molecule has 3 aromatic carbocycles. The highest BCUT2D eigenvalue weighted by Crippen LogP contribution is 2.49. The first kappa shape index (κ1) is 15.3. The molecule has 0 N–H and O–H groups in total. The van der Waals surface area contributed by atoms with Crippen molar-refractivity contribution in [3.8, 4) is 0 Å². The third kappa shape index (κ3) is 2.35. The second-order valence-electron chi connectivity index (χ2n) is 7.08. The Morgan fingerprint density at radius 2 is 1.23 bits per heavy atom. The van der Waals surface area contributed by atoms with Crippen molar-refractivity contribution in [2.45, 2.75) is 32.6 Å². The van der Waals surface area contributed by atoms with Crippen LogP contribution in [-0.2, 0) is 12.8 Å². The van der Waals surface area contributed by atoms with Crippen LogP contribution in [0.1, 0.15) is 29.5 Å². The molecule has 0 unspecified atom stereocenters. The van der Waals surface area contributed by atoms with Gasteiger partial charge in [-0.1, -0.05) is 30.3 Å². The number of rotatable bonds is 1. The first-order chi connectivity index (χ1) is 12.8. The van der Waals surface area contributed by atoms with Crippen molar-refractivity contribution in [1.82, 2.24) is 0 Å². The van der Waals surface area contributed by atoms with Gasteiger partial charge in [0.25, 0.3) is 0 Å². The molecule has 0 radical (unpaired) electrons. The highest BCUT2D eigenvalue weighted by molar-refractivity contribution is 5.90. The summed E-state index contributed by atoms with van der Waals surface area (Å²) in [7, 11) is 0. The van der Waals surface area contributed by atoms with Crippen LogP contribution in [0.3, 0.4) is 0 Å². The number of hydrogen-bond donors (Lipinski definition) is 0. The minimum absolute atomic E-state index is 0.911. The first-order valence-electron chi connectivity index (χ1n) is 9.34. The van der Waals surface area contributed by atoms with E-state index in [9.17, 15) is 0 Å². The molecule has 0 atom stereocenters. The third-order valence-electron chi connectivity index (χ3n) is 5.50. The van der Waals surface area contributed by atoms with E-state index in [4.69, 9.17) is 0 Å². The average molecular weight is 339 g/mol. The molecule has 3 heteroatoms.